The molecule has 18 heavy (non-hydrogen) atoms. The predicted molar refractivity (Wildman–Crippen MR) is 72.4 cm³/mol. The molecule has 1 saturated carbocycles. The molecular formula is C13H21N3OS. The van der Waals surface area contributed by atoms with Crippen LogP contribution in [0.15, 0.2) is 4.52 Å². The van der Waals surface area contributed by atoms with Crippen molar-refractivity contribution in [1.29, 1.82) is 0 Å². The summed E-state index contributed by atoms with van der Waals surface area (Å²) in [5.41, 5.74) is 6.31. The standard InChI is InChI=1S/C13H21N3OS/c14-13(6-2-1-3-7-13)9-11-15-12(16-17-11)10-5-4-8-18-10/h10H,1-9,14H2. The Morgan fingerprint density at radius 2 is 2.11 bits per heavy atom. The molecule has 0 bridgehead atoms. The van der Waals surface area contributed by atoms with Crippen LogP contribution >= 0.6 is 11.8 Å². The average Bonchev–Trinajstić information content (AvgIpc) is 2.99. The molecule has 1 aromatic rings. The van der Waals surface area contributed by atoms with E-state index >= 15 is 0 Å². The Hall–Kier alpha value is -0.550. The van der Waals surface area contributed by atoms with Crippen LogP contribution in [-0.2, 0) is 6.42 Å². The summed E-state index contributed by atoms with van der Waals surface area (Å²) in [5.74, 6) is 2.84. The fourth-order valence-electron chi connectivity index (χ4n) is 2.99. The first-order valence-corrected chi connectivity index (χ1v) is 8.03. The predicted octanol–water partition coefficient (Wildman–Crippen LogP) is 2.84. The molecule has 2 aliphatic rings. The molecule has 1 aliphatic heterocycles. The number of hydrogen-bond acceptors (Lipinski definition) is 5. The SMILES string of the molecule is NC1(Cc2nc(C3CCCS3)no2)CCCCC1. The molecule has 2 heterocycles. The van der Waals surface area contributed by atoms with Crippen molar-refractivity contribution in [3.05, 3.63) is 11.7 Å². The van der Waals surface area contributed by atoms with Gasteiger partial charge in [-0.3, -0.25) is 0 Å². The third-order valence-electron chi connectivity index (χ3n) is 4.05. The second-order valence-corrected chi connectivity index (χ2v) is 6.96. The first-order valence-electron chi connectivity index (χ1n) is 6.98. The molecule has 0 amide bonds. The number of aromatic nitrogens is 2. The maximum absolute atomic E-state index is 6.42. The van der Waals surface area contributed by atoms with E-state index in [1.54, 1.807) is 0 Å². The van der Waals surface area contributed by atoms with Gasteiger partial charge < -0.3 is 10.3 Å². The van der Waals surface area contributed by atoms with Crippen LogP contribution in [0.2, 0.25) is 0 Å². The molecule has 1 aromatic heterocycles. The lowest BCUT2D eigenvalue weighted by Crippen LogP contribution is -2.43. The largest absolute Gasteiger partial charge is 0.339 e. The maximum atomic E-state index is 6.42. The van der Waals surface area contributed by atoms with Crippen LogP contribution in [-0.4, -0.2) is 21.4 Å². The molecular weight excluding hydrogens is 246 g/mol. The minimum atomic E-state index is -0.106. The van der Waals surface area contributed by atoms with Gasteiger partial charge in [0.05, 0.1) is 5.25 Å². The highest BCUT2D eigenvalue weighted by Gasteiger charge is 2.31. The van der Waals surface area contributed by atoms with Crippen molar-refractivity contribution in [3.8, 4) is 0 Å². The summed E-state index contributed by atoms with van der Waals surface area (Å²) < 4.78 is 5.39. The van der Waals surface area contributed by atoms with Crippen molar-refractivity contribution in [2.45, 2.75) is 62.2 Å². The lowest BCUT2D eigenvalue weighted by Gasteiger charge is -2.31. The van der Waals surface area contributed by atoms with Gasteiger partial charge in [-0.25, -0.2) is 0 Å². The average molecular weight is 267 g/mol. The Labute approximate surface area is 112 Å². The van der Waals surface area contributed by atoms with E-state index in [-0.39, 0.29) is 5.54 Å². The van der Waals surface area contributed by atoms with Crippen LogP contribution in [0.5, 0.6) is 0 Å². The van der Waals surface area contributed by atoms with Crippen molar-refractivity contribution in [1.82, 2.24) is 10.1 Å². The lowest BCUT2D eigenvalue weighted by atomic mass is 9.80. The molecule has 1 aliphatic carbocycles. The van der Waals surface area contributed by atoms with Gasteiger partial charge in [-0.15, -0.1) is 0 Å². The number of thioether (sulfide) groups is 1. The first kappa shape index (κ1) is 12.5. The minimum absolute atomic E-state index is 0.106. The van der Waals surface area contributed by atoms with E-state index in [9.17, 15) is 0 Å². The molecule has 0 spiro atoms. The van der Waals surface area contributed by atoms with Crippen molar-refractivity contribution >= 4 is 11.8 Å². The van der Waals surface area contributed by atoms with E-state index in [0.717, 1.165) is 31.0 Å². The number of hydrogen-bond donors (Lipinski definition) is 1. The first-order chi connectivity index (χ1) is 8.75. The van der Waals surface area contributed by atoms with Crippen LogP contribution in [0, 0.1) is 0 Å². The second-order valence-electron chi connectivity index (χ2n) is 5.65. The van der Waals surface area contributed by atoms with Gasteiger partial charge in [0, 0.05) is 12.0 Å². The van der Waals surface area contributed by atoms with E-state index in [1.807, 2.05) is 11.8 Å². The Bertz CT molecular complexity index is 395. The Kier molecular flexibility index (Phi) is 3.61. The molecule has 100 valence electrons. The smallest absolute Gasteiger partial charge is 0.228 e. The van der Waals surface area contributed by atoms with Gasteiger partial charge in [-0.1, -0.05) is 24.4 Å². The molecule has 0 radical (unpaired) electrons. The Balaban J connectivity index is 1.65. The number of rotatable bonds is 3. The Morgan fingerprint density at radius 3 is 2.83 bits per heavy atom. The third kappa shape index (κ3) is 2.72. The van der Waals surface area contributed by atoms with Crippen molar-refractivity contribution in [3.63, 3.8) is 0 Å². The highest BCUT2D eigenvalue weighted by molar-refractivity contribution is 7.99. The highest BCUT2D eigenvalue weighted by atomic mass is 32.2. The van der Waals surface area contributed by atoms with Crippen LogP contribution in [0.4, 0.5) is 0 Å². The van der Waals surface area contributed by atoms with Crippen LogP contribution < -0.4 is 5.73 Å². The number of nitrogens with two attached hydrogens (primary N) is 1. The minimum Gasteiger partial charge on any atom is -0.339 e. The van der Waals surface area contributed by atoms with Crippen LogP contribution in [0.3, 0.4) is 0 Å². The fraction of sp³-hybridized carbons (Fsp3) is 0.846. The third-order valence-corrected chi connectivity index (χ3v) is 5.43. The topological polar surface area (TPSA) is 64.9 Å². The molecule has 2 N–H and O–H groups in total. The molecule has 1 saturated heterocycles. The number of nitrogens with zero attached hydrogens (tertiary/aromatic N) is 2. The van der Waals surface area contributed by atoms with Gasteiger partial charge in [-0.2, -0.15) is 16.7 Å². The molecule has 0 aromatic carbocycles. The van der Waals surface area contributed by atoms with E-state index in [2.05, 4.69) is 10.1 Å². The highest BCUT2D eigenvalue weighted by Crippen LogP contribution is 2.38. The van der Waals surface area contributed by atoms with E-state index in [4.69, 9.17) is 10.3 Å². The summed E-state index contributed by atoms with van der Waals surface area (Å²) >= 11 is 1.94. The monoisotopic (exact) mass is 267 g/mol. The summed E-state index contributed by atoms with van der Waals surface area (Å²) in [6.07, 6.45) is 9.14. The van der Waals surface area contributed by atoms with Crippen molar-refractivity contribution < 1.29 is 4.52 Å². The quantitative estimate of drug-likeness (QED) is 0.912. The van der Waals surface area contributed by atoms with Gasteiger partial charge in [0.1, 0.15) is 0 Å². The molecule has 4 nitrogen and oxygen atoms in total. The zero-order chi connectivity index (χ0) is 12.4. The van der Waals surface area contributed by atoms with E-state index in [1.165, 1.54) is 37.9 Å². The van der Waals surface area contributed by atoms with Crippen molar-refractivity contribution in [2.24, 2.45) is 5.73 Å². The molecule has 5 heteroatoms. The molecule has 1 atom stereocenters. The summed E-state index contributed by atoms with van der Waals surface area (Å²) in [6.45, 7) is 0. The van der Waals surface area contributed by atoms with Gasteiger partial charge >= 0.3 is 0 Å². The normalized spacial score (nSPS) is 27.5. The zero-order valence-corrected chi connectivity index (χ0v) is 11.5. The van der Waals surface area contributed by atoms with Gasteiger partial charge in [0.2, 0.25) is 5.89 Å². The maximum Gasteiger partial charge on any atom is 0.228 e. The Morgan fingerprint density at radius 1 is 1.28 bits per heavy atom. The van der Waals surface area contributed by atoms with E-state index < -0.39 is 0 Å². The van der Waals surface area contributed by atoms with Gasteiger partial charge in [0.25, 0.3) is 0 Å². The molecule has 2 fully saturated rings. The summed E-state index contributed by atoms with van der Waals surface area (Å²) in [7, 11) is 0. The summed E-state index contributed by atoms with van der Waals surface area (Å²) in [6, 6.07) is 0. The van der Waals surface area contributed by atoms with Crippen LogP contribution in [0.25, 0.3) is 0 Å². The van der Waals surface area contributed by atoms with Crippen molar-refractivity contribution in [2.75, 3.05) is 5.75 Å². The summed E-state index contributed by atoms with van der Waals surface area (Å²) in [4.78, 5) is 4.55. The van der Waals surface area contributed by atoms with Gasteiger partial charge in [-0.05, 0) is 31.4 Å². The second kappa shape index (κ2) is 5.21. The summed E-state index contributed by atoms with van der Waals surface area (Å²) in [5, 5.41) is 4.58. The van der Waals surface area contributed by atoms with Gasteiger partial charge in [0.15, 0.2) is 5.82 Å². The molecule has 1 unspecified atom stereocenters. The lowest BCUT2D eigenvalue weighted by molar-refractivity contribution is 0.260. The fourth-order valence-corrected chi connectivity index (χ4v) is 4.18. The van der Waals surface area contributed by atoms with E-state index in [0.29, 0.717) is 5.25 Å². The molecule has 3 rings (SSSR count). The zero-order valence-electron chi connectivity index (χ0n) is 10.7. The van der Waals surface area contributed by atoms with Crippen LogP contribution in [0.1, 0.15) is 61.9 Å².